The number of urea groups is 1. The number of hydrogen-bond donors (Lipinski definition) is 2. The minimum atomic E-state index is -0.994. The monoisotopic (exact) mass is 257 g/mol. The number of likely N-dealkylation sites (tertiary alicyclic amines) is 2. The van der Waals surface area contributed by atoms with Crippen molar-refractivity contribution in [3.63, 3.8) is 0 Å². The van der Waals surface area contributed by atoms with Gasteiger partial charge in [0.05, 0.1) is 13.1 Å². The van der Waals surface area contributed by atoms with Crippen LogP contribution in [0.25, 0.3) is 0 Å². The van der Waals surface area contributed by atoms with Gasteiger partial charge in [0.2, 0.25) is 0 Å². The van der Waals surface area contributed by atoms with Crippen molar-refractivity contribution in [3.05, 3.63) is 0 Å². The van der Waals surface area contributed by atoms with Crippen molar-refractivity contribution >= 4 is 12.0 Å². The molecule has 1 unspecified atom stereocenters. The summed E-state index contributed by atoms with van der Waals surface area (Å²) in [5.74, 6) is -0.994. The number of hydrogen-bond acceptors (Lipinski definition) is 4. The van der Waals surface area contributed by atoms with E-state index in [1.54, 1.807) is 9.80 Å². The van der Waals surface area contributed by atoms with Crippen LogP contribution in [0.4, 0.5) is 4.79 Å². The van der Waals surface area contributed by atoms with Crippen molar-refractivity contribution in [2.75, 3.05) is 32.8 Å². The average molecular weight is 257 g/mol. The fraction of sp³-hybridized carbons (Fsp3) is 0.818. The summed E-state index contributed by atoms with van der Waals surface area (Å²) in [6, 6.07) is 0.0456. The lowest BCUT2D eigenvalue weighted by Gasteiger charge is -2.48. The van der Waals surface area contributed by atoms with Gasteiger partial charge < -0.3 is 25.4 Å². The first-order valence-electron chi connectivity index (χ1n) is 6.05. The topological polar surface area (TPSA) is 96.1 Å². The highest BCUT2D eigenvalue weighted by molar-refractivity contribution is 5.76. The molecule has 2 amide bonds. The molecule has 2 saturated heterocycles. The standard InChI is InChI=1S/C11H19N3O4/c1-11(18-5-9(15)16)6-14(7-11)10(17)13-3-2-8(12)4-13/h8H,2-7,12H2,1H3,(H,15,16). The molecular formula is C11H19N3O4. The van der Waals surface area contributed by atoms with E-state index < -0.39 is 11.6 Å². The van der Waals surface area contributed by atoms with Crippen LogP contribution in [0.5, 0.6) is 0 Å². The van der Waals surface area contributed by atoms with Gasteiger partial charge in [-0.05, 0) is 13.3 Å². The first kappa shape index (κ1) is 13.1. The first-order valence-corrected chi connectivity index (χ1v) is 6.05. The molecule has 0 aromatic carbocycles. The Hall–Kier alpha value is -1.34. The predicted octanol–water partition coefficient (Wildman–Crippen LogP) is -0.685. The lowest BCUT2D eigenvalue weighted by atomic mass is 9.97. The molecule has 18 heavy (non-hydrogen) atoms. The van der Waals surface area contributed by atoms with E-state index >= 15 is 0 Å². The number of nitrogens with two attached hydrogens (primary N) is 1. The Bertz CT molecular complexity index is 354. The summed E-state index contributed by atoms with van der Waals surface area (Å²) in [7, 11) is 0. The zero-order chi connectivity index (χ0) is 13.3. The van der Waals surface area contributed by atoms with Crippen molar-refractivity contribution in [3.8, 4) is 0 Å². The summed E-state index contributed by atoms with van der Waals surface area (Å²) in [6.45, 7) is 3.66. The Kier molecular flexibility index (Phi) is 3.45. The highest BCUT2D eigenvalue weighted by Gasteiger charge is 2.44. The molecule has 7 nitrogen and oxygen atoms in total. The number of carboxylic acids is 1. The molecule has 0 aromatic rings. The van der Waals surface area contributed by atoms with Gasteiger partial charge >= 0.3 is 12.0 Å². The summed E-state index contributed by atoms with van der Waals surface area (Å²) in [4.78, 5) is 25.8. The quantitative estimate of drug-likeness (QED) is 0.698. The molecular weight excluding hydrogens is 238 g/mol. The van der Waals surface area contributed by atoms with E-state index in [-0.39, 0.29) is 18.7 Å². The summed E-state index contributed by atoms with van der Waals surface area (Å²) in [5, 5.41) is 8.55. The van der Waals surface area contributed by atoms with Crippen LogP contribution in [0.2, 0.25) is 0 Å². The molecule has 0 radical (unpaired) electrons. The van der Waals surface area contributed by atoms with E-state index in [1.807, 2.05) is 6.92 Å². The normalized spacial score (nSPS) is 26.0. The van der Waals surface area contributed by atoms with Gasteiger partial charge in [-0.15, -0.1) is 0 Å². The molecule has 2 rings (SSSR count). The van der Waals surface area contributed by atoms with E-state index in [1.165, 1.54) is 0 Å². The number of carbonyl (C=O) groups excluding carboxylic acids is 1. The maximum Gasteiger partial charge on any atom is 0.329 e. The van der Waals surface area contributed by atoms with E-state index in [9.17, 15) is 9.59 Å². The van der Waals surface area contributed by atoms with Crippen LogP contribution < -0.4 is 5.73 Å². The minimum Gasteiger partial charge on any atom is -0.480 e. The molecule has 2 aliphatic rings. The van der Waals surface area contributed by atoms with E-state index in [4.69, 9.17) is 15.6 Å². The minimum absolute atomic E-state index is 0.0284. The van der Waals surface area contributed by atoms with Gasteiger partial charge in [0, 0.05) is 19.1 Å². The zero-order valence-corrected chi connectivity index (χ0v) is 10.5. The fourth-order valence-corrected chi connectivity index (χ4v) is 2.38. The molecule has 0 aromatic heterocycles. The van der Waals surface area contributed by atoms with Crippen molar-refractivity contribution in [1.82, 2.24) is 9.80 Å². The first-order chi connectivity index (χ1) is 8.39. The number of aliphatic carboxylic acids is 1. The van der Waals surface area contributed by atoms with Gasteiger partial charge in [-0.2, -0.15) is 0 Å². The summed E-state index contributed by atoms with van der Waals surface area (Å²) in [6.07, 6.45) is 0.840. The van der Waals surface area contributed by atoms with Crippen LogP contribution in [-0.2, 0) is 9.53 Å². The second-order valence-corrected chi connectivity index (χ2v) is 5.27. The van der Waals surface area contributed by atoms with Crippen LogP contribution in [0.3, 0.4) is 0 Å². The molecule has 2 aliphatic heterocycles. The van der Waals surface area contributed by atoms with Crippen LogP contribution in [0, 0.1) is 0 Å². The summed E-state index contributed by atoms with van der Waals surface area (Å²) < 4.78 is 5.25. The molecule has 0 saturated carbocycles. The van der Waals surface area contributed by atoms with E-state index in [2.05, 4.69) is 0 Å². The number of carboxylic acid groups (broad SMARTS) is 1. The third-order valence-electron chi connectivity index (χ3n) is 3.36. The third kappa shape index (κ3) is 2.73. The Balaban J connectivity index is 1.77. The largest absolute Gasteiger partial charge is 0.480 e. The molecule has 2 heterocycles. The Morgan fingerprint density at radius 2 is 2.11 bits per heavy atom. The van der Waals surface area contributed by atoms with Crippen LogP contribution in [0.1, 0.15) is 13.3 Å². The van der Waals surface area contributed by atoms with Crippen molar-refractivity contribution in [2.45, 2.75) is 25.0 Å². The molecule has 7 heteroatoms. The number of rotatable bonds is 3. The smallest absolute Gasteiger partial charge is 0.329 e. The van der Waals surface area contributed by atoms with Gasteiger partial charge in [-0.25, -0.2) is 9.59 Å². The van der Waals surface area contributed by atoms with Gasteiger partial charge in [0.15, 0.2) is 0 Å². The van der Waals surface area contributed by atoms with E-state index in [0.717, 1.165) is 6.42 Å². The highest BCUT2D eigenvalue weighted by Crippen LogP contribution is 2.26. The Morgan fingerprint density at radius 3 is 2.61 bits per heavy atom. The lowest BCUT2D eigenvalue weighted by molar-refractivity contribution is -0.160. The number of ether oxygens (including phenoxy) is 1. The number of amides is 2. The third-order valence-corrected chi connectivity index (χ3v) is 3.36. The molecule has 0 aliphatic carbocycles. The maximum absolute atomic E-state index is 12.0. The van der Waals surface area contributed by atoms with E-state index in [0.29, 0.717) is 26.2 Å². The molecule has 102 valence electrons. The Morgan fingerprint density at radius 1 is 1.44 bits per heavy atom. The van der Waals surface area contributed by atoms with Crippen molar-refractivity contribution in [2.24, 2.45) is 5.73 Å². The molecule has 0 bridgehead atoms. The Labute approximate surface area is 105 Å². The second-order valence-electron chi connectivity index (χ2n) is 5.27. The van der Waals surface area contributed by atoms with Gasteiger partial charge in [-0.1, -0.05) is 0 Å². The summed E-state index contributed by atoms with van der Waals surface area (Å²) >= 11 is 0. The molecule has 1 atom stereocenters. The molecule has 2 fully saturated rings. The lowest BCUT2D eigenvalue weighted by Crippen LogP contribution is -2.65. The van der Waals surface area contributed by atoms with Crippen molar-refractivity contribution < 1.29 is 19.4 Å². The zero-order valence-electron chi connectivity index (χ0n) is 10.5. The number of carbonyl (C=O) groups is 2. The van der Waals surface area contributed by atoms with Crippen LogP contribution >= 0.6 is 0 Å². The maximum atomic E-state index is 12.0. The second kappa shape index (κ2) is 4.74. The van der Waals surface area contributed by atoms with Gasteiger partial charge in [0.25, 0.3) is 0 Å². The predicted molar refractivity (Wildman–Crippen MR) is 63.1 cm³/mol. The molecule has 3 N–H and O–H groups in total. The number of nitrogens with zero attached hydrogens (tertiary/aromatic N) is 2. The average Bonchev–Trinajstić information content (AvgIpc) is 2.68. The SMILES string of the molecule is CC1(OCC(=O)O)CN(C(=O)N2CCC(N)C2)C1. The fourth-order valence-electron chi connectivity index (χ4n) is 2.38. The highest BCUT2D eigenvalue weighted by atomic mass is 16.5. The van der Waals surface area contributed by atoms with Gasteiger partial charge in [0.1, 0.15) is 12.2 Å². The van der Waals surface area contributed by atoms with Gasteiger partial charge in [-0.3, -0.25) is 0 Å². The summed E-state index contributed by atoms with van der Waals surface area (Å²) in [5.41, 5.74) is 5.22. The van der Waals surface area contributed by atoms with Crippen LogP contribution in [-0.4, -0.2) is 71.3 Å². The van der Waals surface area contributed by atoms with Crippen LogP contribution in [0.15, 0.2) is 0 Å². The van der Waals surface area contributed by atoms with Crippen molar-refractivity contribution in [1.29, 1.82) is 0 Å². The molecule has 0 spiro atoms.